The summed E-state index contributed by atoms with van der Waals surface area (Å²) in [5.41, 5.74) is 2.84. The molecule has 2 rings (SSSR count). The molecule has 0 aliphatic rings. The van der Waals surface area contributed by atoms with Crippen LogP contribution >= 0.6 is 0 Å². The molecular formula is C16H22N4O2. The first-order valence-corrected chi connectivity index (χ1v) is 7.08. The molecule has 0 bridgehead atoms. The second-order valence-electron chi connectivity index (χ2n) is 5.45. The molecule has 0 saturated heterocycles. The van der Waals surface area contributed by atoms with Gasteiger partial charge in [-0.3, -0.25) is 14.4 Å². The highest BCUT2D eigenvalue weighted by atomic mass is 16.5. The van der Waals surface area contributed by atoms with Crippen LogP contribution in [-0.4, -0.2) is 41.3 Å². The summed E-state index contributed by atoms with van der Waals surface area (Å²) < 4.78 is 7.02. The number of nitrogens with zero attached hydrogens (tertiary/aromatic N) is 3. The molecule has 22 heavy (non-hydrogen) atoms. The molecule has 1 heterocycles. The van der Waals surface area contributed by atoms with Crippen LogP contribution in [0.15, 0.2) is 30.6 Å². The molecule has 0 aliphatic heterocycles. The van der Waals surface area contributed by atoms with Crippen molar-refractivity contribution in [1.82, 2.24) is 14.7 Å². The van der Waals surface area contributed by atoms with Crippen molar-refractivity contribution in [3.63, 3.8) is 0 Å². The predicted octanol–water partition coefficient (Wildman–Crippen LogP) is 1.81. The molecule has 1 amide bonds. The number of aryl methyl sites for hydroxylation is 2. The van der Waals surface area contributed by atoms with Crippen molar-refractivity contribution in [3.8, 4) is 5.75 Å². The third kappa shape index (κ3) is 4.33. The van der Waals surface area contributed by atoms with E-state index in [1.54, 1.807) is 18.0 Å². The summed E-state index contributed by atoms with van der Waals surface area (Å²) in [6, 6.07) is 5.70. The average Bonchev–Trinajstić information content (AvgIpc) is 2.83. The third-order valence-electron chi connectivity index (χ3n) is 3.25. The van der Waals surface area contributed by atoms with Crippen LogP contribution < -0.4 is 10.1 Å². The van der Waals surface area contributed by atoms with Gasteiger partial charge in [0.25, 0.3) is 0 Å². The molecule has 0 spiro atoms. The van der Waals surface area contributed by atoms with E-state index >= 15 is 0 Å². The Bertz CT molecular complexity index is 651. The fourth-order valence-electron chi connectivity index (χ4n) is 2.28. The number of aromatic nitrogens is 2. The number of carbonyl (C=O) groups is 1. The summed E-state index contributed by atoms with van der Waals surface area (Å²) in [5, 5.41) is 7.02. The zero-order chi connectivity index (χ0) is 16.1. The number of rotatable bonds is 6. The second kappa shape index (κ2) is 7.09. The number of nitrogens with one attached hydrogen (secondary N) is 1. The summed E-state index contributed by atoms with van der Waals surface area (Å²) in [7, 11) is 5.37. The van der Waals surface area contributed by atoms with E-state index in [1.807, 2.05) is 50.3 Å². The van der Waals surface area contributed by atoms with Gasteiger partial charge in [-0.1, -0.05) is 6.07 Å². The lowest BCUT2D eigenvalue weighted by Gasteiger charge is -2.16. The molecule has 2 aromatic rings. The molecule has 118 valence electrons. The first kappa shape index (κ1) is 16.0. The Morgan fingerprint density at radius 1 is 1.45 bits per heavy atom. The number of methoxy groups -OCH3 is 1. The summed E-state index contributed by atoms with van der Waals surface area (Å²) in [6.07, 6.45) is 3.75. The fourth-order valence-corrected chi connectivity index (χ4v) is 2.28. The molecule has 6 heteroatoms. The van der Waals surface area contributed by atoms with E-state index in [-0.39, 0.29) is 5.91 Å². The fraction of sp³-hybridized carbons (Fsp3) is 0.375. The van der Waals surface area contributed by atoms with Crippen LogP contribution in [0.3, 0.4) is 0 Å². The molecule has 0 saturated carbocycles. The van der Waals surface area contributed by atoms with Crippen LogP contribution in [0.2, 0.25) is 0 Å². The van der Waals surface area contributed by atoms with Gasteiger partial charge in [-0.2, -0.15) is 5.10 Å². The minimum atomic E-state index is -0.0738. The Hall–Kier alpha value is -2.34. The molecule has 0 fully saturated rings. The molecule has 0 aliphatic carbocycles. The first-order valence-electron chi connectivity index (χ1n) is 7.08. The van der Waals surface area contributed by atoms with Crippen LogP contribution in [-0.2, 0) is 18.4 Å². The van der Waals surface area contributed by atoms with Gasteiger partial charge < -0.3 is 10.1 Å². The van der Waals surface area contributed by atoms with E-state index in [4.69, 9.17) is 4.74 Å². The van der Waals surface area contributed by atoms with E-state index in [9.17, 15) is 4.79 Å². The number of hydrogen-bond donors (Lipinski definition) is 1. The van der Waals surface area contributed by atoms with Gasteiger partial charge in [0, 0.05) is 25.4 Å². The van der Waals surface area contributed by atoms with Crippen LogP contribution in [0, 0.1) is 6.92 Å². The molecule has 1 aromatic heterocycles. The van der Waals surface area contributed by atoms with Gasteiger partial charge in [-0.05, 0) is 31.7 Å². The van der Waals surface area contributed by atoms with E-state index in [1.165, 1.54) is 0 Å². The largest absolute Gasteiger partial charge is 0.495 e. The number of benzene rings is 1. The number of hydrogen-bond acceptors (Lipinski definition) is 4. The lowest BCUT2D eigenvalue weighted by atomic mass is 10.2. The molecule has 0 atom stereocenters. The maximum absolute atomic E-state index is 12.2. The SMILES string of the molecule is COc1ccc(C)cc1NC(=O)CN(C)Cc1cnn(C)c1. The Morgan fingerprint density at radius 2 is 2.23 bits per heavy atom. The van der Waals surface area contributed by atoms with E-state index < -0.39 is 0 Å². The number of ether oxygens (including phenoxy) is 1. The summed E-state index contributed by atoms with van der Waals surface area (Å²) in [4.78, 5) is 14.1. The van der Waals surface area contributed by atoms with Crippen molar-refractivity contribution in [1.29, 1.82) is 0 Å². The van der Waals surface area contributed by atoms with Gasteiger partial charge in [0.1, 0.15) is 5.75 Å². The van der Waals surface area contributed by atoms with Crippen molar-refractivity contribution in [2.24, 2.45) is 7.05 Å². The summed E-state index contributed by atoms with van der Waals surface area (Å²) in [6.45, 7) is 2.95. The minimum Gasteiger partial charge on any atom is -0.495 e. The Labute approximate surface area is 130 Å². The zero-order valence-corrected chi connectivity index (χ0v) is 13.5. The van der Waals surface area contributed by atoms with Crippen molar-refractivity contribution in [2.45, 2.75) is 13.5 Å². The topological polar surface area (TPSA) is 59.4 Å². The van der Waals surface area contributed by atoms with Gasteiger partial charge in [-0.15, -0.1) is 0 Å². The monoisotopic (exact) mass is 302 g/mol. The lowest BCUT2D eigenvalue weighted by Crippen LogP contribution is -2.29. The number of amides is 1. The van der Waals surface area contributed by atoms with Crippen molar-refractivity contribution in [2.75, 3.05) is 26.0 Å². The van der Waals surface area contributed by atoms with Gasteiger partial charge in [0.05, 0.1) is 25.5 Å². The molecule has 0 radical (unpaired) electrons. The first-order chi connectivity index (χ1) is 10.5. The van der Waals surface area contributed by atoms with E-state index in [2.05, 4.69) is 10.4 Å². The number of anilines is 1. The predicted molar refractivity (Wildman–Crippen MR) is 85.9 cm³/mol. The number of likely N-dealkylation sites (N-methyl/N-ethyl adjacent to an activating group) is 1. The zero-order valence-electron chi connectivity index (χ0n) is 13.5. The average molecular weight is 302 g/mol. The molecule has 6 nitrogen and oxygen atoms in total. The molecule has 1 N–H and O–H groups in total. The van der Waals surface area contributed by atoms with E-state index in [0.29, 0.717) is 24.5 Å². The normalized spacial score (nSPS) is 10.8. The number of carbonyl (C=O) groups excluding carboxylic acids is 1. The lowest BCUT2D eigenvalue weighted by molar-refractivity contribution is -0.117. The quantitative estimate of drug-likeness (QED) is 0.884. The minimum absolute atomic E-state index is 0.0738. The van der Waals surface area contributed by atoms with Crippen molar-refractivity contribution in [3.05, 3.63) is 41.7 Å². The van der Waals surface area contributed by atoms with Crippen molar-refractivity contribution < 1.29 is 9.53 Å². The van der Waals surface area contributed by atoms with Gasteiger partial charge in [0.2, 0.25) is 5.91 Å². The van der Waals surface area contributed by atoms with Crippen LogP contribution in [0.4, 0.5) is 5.69 Å². The highest BCUT2D eigenvalue weighted by molar-refractivity contribution is 5.93. The van der Waals surface area contributed by atoms with Gasteiger partial charge >= 0.3 is 0 Å². The third-order valence-corrected chi connectivity index (χ3v) is 3.25. The Balaban J connectivity index is 1.93. The van der Waals surface area contributed by atoms with Gasteiger partial charge in [0.15, 0.2) is 0 Å². The maximum Gasteiger partial charge on any atom is 0.238 e. The highest BCUT2D eigenvalue weighted by Crippen LogP contribution is 2.25. The van der Waals surface area contributed by atoms with Crippen LogP contribution in [0.5, 0.6) is 5.75 Å². The molecular weight excluding hydrogens is 280 g/mol. The van der Waals surface area contributed by atoms with E-state index in [0.717, 1.165) is 11.1 Å². The Morgan fingerprint density at radius 3 is 2.86 bits per heavy atom. The highest BCUT2D eigenvalue weighted by Gasteiger charge is 2.11. The van der Waals surface area contributed by atoms with Crippen molar-refractivity contribution >= 4 is 11.6 Å². The summed E-state index contributed by atoms with van der Waals surface area (Å²) in [5.74, 6) is 0.587. The molecule has 1 aromatic carbocycles. The van der Waals surface area contributed by atoms with Gasteiger partial charge in [-0.25, -0.2) is 0 Å². The summed E-state index contributed by atoms with van der Waals surface area (Å²) >= 11 is 0. The second-order valence-corrected chi connectivity index (χ2v) is 5.45. The maximum atomic E-state index is 12.2. The van der Waals surface area contributed by atoms with Crippen LogP contribution in [0.25, 0.3) is 0 Å². The Kier molecular flexibility index (Phi) is 5.16. The van der Waals surface area contributed by atoms with Crippen LogP contribution in [0.1, 0.15) is 11.1 Å². The smallest absolute Gasteiger partial charge is 0.238 e. The standard InChI is InChI=1S/C16H22N4O2/c1-12-5-6-15(22-4)14(7-12)18-16(21)11-19(2)9-13-8-17-20(3)10-13/h5-8,10H,9,11H2,1-4H3,(H,18,21). The molecule has 0 unspecified atom stereocenters.